The predicted octanol–water partition coefficient (Wildman–Crippen LogP) is -0.916. The number of hydroxylamine groups is 1. The molecule has 1 aromatic heterocycles. The first-order chi connectivity index (χ1) is 30.1. The number of aromatic nitrogens is 1. The first-order valence-corrected chi connectivity index (χ1v) is 22.3. The Morgan fingerprint density at radius 3 is 2.24 bits per heavy atom. The van der Waals surface area contributed by atoms with Crippen LogP contribution < -0.4 is 53.7 Å². The van der Waals surface area contributed by atoms with E-state index in [0.29, 0.717) is 43.0 Å². The van der Waals surface area contributed by atoms with Gasteiger partial charge in [-0.3, -0.25) is 43.6 Å². The molecule has 0 radical (unpaired) electrons. The van der Waals surface area contributed by atoms with Crippen molar-refractivity contribution >= 4 is 76.0 Å². The Balaban J connectivity index is 1.12. The summed E-state index contributed by atoms with van der Waals surface area (Å²) < 4.78 is 0. The van der Waals surface area contributed by atoms with Crippen LogP contribution in [0.1, 0.15) is 77.2 Å². The molecule has 3 heterocycles. The molecule has 4 rings (SSSR count). The van der Waals surface area contributed by atoms with Crippen molar-refractivity contribution in [1.29, 1.82) is 0 Å². The Morgan fingerprint density at radius 1 is 0.810 bits per heavy atom. The number of benzene rings is 1. The van der Waals surface area contributed by atoms with Gasteiger partial charge < -0.3 is 53.3 Å². The average molecular weight is 900 g/mol. The molecule has 0 saturated carbocycles. The van der Waals surface area contributed by atoms with E-state index in [0.717, 1.165) is 35.9 Å². The predicted molar refractivity (Wildman–Crippen MR) is 232 cm³/mol. The second-order valence-corrected chi connectivity index (χ2v) is 17.5. The number of H-pyrrole nitrogens is 1. The molecule has 2 fully saturated rings. The smallest absolute Gasteiger partial charge is 0.315 e. The topological polar surface area (TPSA) is 324 Å². The number of carbonyl (C=O) groups is 9. The Hall–Kier alpha value is -5.90. The van der Waals surface area contributed by atoms with Crippen molar-refractivity contribution in [2.75, 3.05) is 31.9 Å². The van der Waals surface area contributed by atoms with Gasteiger partial charge in [-0.1, -0.05) is 38.5 Å². The Labute approximate surface area is 369 Å². The number of nitrogens with two attached hydrogens (primary N) is 1. The van der Waals surface area contributed by atoms with Crippen LogP contribution in [-0.2, 0) is 44.8 Å². The van der Waals surface area contributed by atoms with Crippen LogP contribution in [0.25, 0.3) is 10.9 Å². The van der Waals surface area contributed by atoms with Crippen molar-refractivity contribution in [2.24, 2.45) is 17.6 Å². The molecule has 6 atom stereocenters. The molecule has 1 aromatic carbocycles. The van der Waals surface area contributed by atoms with Gasteiger partial charge in [-0.15, -0.1) is 0 Å². The number of thioether (sulfide) groups is 1. The van der Waals surface area contributed by atoms with Gasteiger partial charge in [0.05, 0.1) is 31.7 Å². The fourth-order valence-corrected chi connectivity index (χ4v) is 9.05. The van der Waals surface area contributed by atoms with Gasteiger partial charge >= 0.3 is 6.03 Å². The zero-order valence-electron chi connectivity index (χ0n) is 35.6. The minimum absolute atomic E-state index is 0.0132. The summed E-state index contributed by atoms with van der Waals surface area (Å²) in [6.07, 6.45) is 5.86. The van der Waals surface area contributed by atoms with Gasteiger partial charge in [-0.25, -0.2) is 10.3 Å². The highest BCUT2D eigenvalue weighted by atomic mass is 32.2. The highest BCUT2D eigenvalue weighted by Crippen LogP contribution is 2.33. The van der Waals surface area contributed by atoms with Crippen molar-refractivity contribution < 1.29 is 48.4 Å². The third-order valence-electron chi connectivity index (χ3n) is 10.7. The summed E-state index contributed by atoms with van der Waals surface area (Å²) >= 11 is 1.84. The lowest BCUT2D eigenvalue weighted by Crippen LogP contribution is -2.52. The van der Waals surface area contributed by atoms with Crippen LogP contribution in [0.3, 0.4) is 0 Å². The fourth-order valence-electron chi connectivity index (χ4n) is 7.51. The Kier molecular flexibility index (Phi) is 20.0. The number of unbranched alkanes of at least 4 members (excludes halogenated alkanes) is 2. The number of hydrogen-bond acceptors (Lipinski definition) is 11. The third-order valence-corrected chi connectivity index (χ3v) is 12.2. The number of amides is 10. The monoisotopic (exact) mass is 899 g/mol. The van der Waals surface area contributed by atoms with Gasteiger partial charge in [0.2, 0.25) is 47.3 Å². The molecule has 2 aromatic rings. The number of aromatic amines is 1. The molecule has 10 amide bonds. The van der Waals surface area contributed by atoms with E-state index in [2.05, 4.69) is 47.5 Å². The molecule has 1 unspecified atom stereocenters. The van der Waals surface area contributed by atoms with Gasteiger partial charge in [0.25, 0.3) is 0 Å². The molecule has 2 aliphatic heterocycles. The summed E-state index contributed by atoms with van der Waals surface area (Å²) in [5.74, 6) is -4.99. The lowest BCUT2D eigenvalue weighted by Gasteiger charge is -2.23. The molecule has 21 nitrogen and oxygen atoms in total. The summed E-state index contributed by atoms with van der Waals surface area (Å²) in [5, 5.41) is 31.3. The Morgan fingerprint density at radius 2 is 1.52 bits per heavy atom. The highest BCUT2D eigenvalue weighted by Gasteiger charge is 2.42. The lowest BCUT2D eigenvalue weighted by molar-refractivity contribution is -0.136. The first kappa shape index (κ1) is 49.8. The molecule has 0 aliphatic carbocycles. The summed E-state index contributed by atoms with van der Waals surface area (Å²) in [4.78, 5) is 115. The van der Waals surface area contributed by atoms with Gasteiger partial charge in [0.1, 0.15) is 12.1 Å². The number of para-hydroxylation sites is 1. The number of urea groups is 1. The lowest BCUT2D eigenvalue weighted by atomic mass is 9.92. The van der Waals surface area contributed by atoms with E-state index in [1.165, 1.54) is 5.48 Å². The zero-order valence-corrected chi connectivity index (χ0v) is 36.5. The van der Waals surface area contributed by atoms with Gasteiger partial charge in [-0.2, -0.15) is 11.8 Å². The zero-order chi connectivity index (χ0) is 45.9. The summed E-state index contributed by atoms with van der Waals surface area (Å²) in [6.45, 7) is 2.51. The molecule has 63 heavy (non-hydrogen) atoms. The maximum absolute atomic E-state index is 13.4. The normalized spacial score (nSPS) is 17.9. The summed E-state index contributed by atoms with van der Waals surface area (Å²) in [6, 6.07) is 5.38. The molecule has 346 valence electrons. The van der Waals surface area contributed by atoms with Crippen LogP contribution >= 0.6 is 11.8 Å². The van der Waals surface area contributed by atoms with E-state index >= 15 is 0 Å². The Bertz CT molecular complexity index is 1940. The maximum atomic E-state index is 13.4. The van der Waals surface area contributed by atoms with Crippen molar-refractivity contribution in [3.8, 4) is 0 Å². The average Bonchev–Trinajstić information content (AvgIpc) is 3.95. The standard InChI is InChI=1S/C41H61N11O10S/c1-23(2)15-24(17-33(54)52-62)39(59)49-29(16-25-18-44-27-10-4-3-9-26(25)27)40(60)47-20-35(56)45-19-34(55)46-21-36(57)48-28(38(42)58)11-7-8-14-43-32(53)13-6-5-12-31-37-30(22-63-31)50-41(61)51-37/h3-4,9-10,18,23-24,28-31,37,44,62H,5-8,11-17,19-22H2,1-2H3,(H2,42,58)(H,43,53)(H,45,56)(H,46,55)(H,47,60)(H,48,57)(H,49,59)(H,52,54)(H2,50,51,61)/t24?,28-,29-,30-,31-,37-/m0/s1. The molecule has 2 saturated heterocycles. The number of primary amides is 1. The van der Waals surface area contributed by atoms with E-state index in [1.54, 1.807) is 6.20 Å². The van der Waals surface area contributed by atoms with Crippen LogP contribution in [0.4, 0.5) is 4.79 Å². The van der Waals surface area contributed by atoms with Crippen molar-refractivity contribution in [3.63, 3.8) is 0 Å². The number of fused-ring (bicyclic) bond motifs is 2. The molecular formula is C41H61N11O10S. The molecule has 0 bridgehead atoms. The van der Waals surface area contributed by atoms with E-state index in [4.69, 9.17) is 10.9 Å². The van der Waals surface area contributed by atoms with Crippen molar-refractivity contribution in [3.05, 3.63) is 36.0 Å². The second kappa shape index (κ2) is 25.3. The van der Waals surface area contributed by atoms with Gasteiger partial charge in [-0.05, 0) is 56.1 Å². The fraction of sp³-hybridized carbons (Fsp3) is 0.585. The van der Waals surface area contributed by atoms with Crippen LogP contribution in [-0.4, -0.2) is 125 Å². The quantitative estimate of drug-likeness (QED) is 0.0225. The van der Waals surface area contributed by atoms with E-state index in [9.17, 15) is 43.2 Å². The molecule has 0 spiro atoms. The maximum Gasteiger partial charge on any atom is 0.315 e. The highest BCUT2D eigenvalue weighted by molar-refractivity contribution is 8.00. The summed E-state index contributed by atoms with van der Waals surface area (Å²) in [7, 11) is 0. The molecule has 2 aliphatic rings. The van der Waals surface area contributed by atoms with Crippen LogP contribution in [0.2, 0.25) is 0 Å². The number of rotatable bonds is 27. The van der Waals surface area contributed by atoms with Gasteiger partial charge in [0, 0.05) is 59.8 Å². The first-order valence-electron chi connectivity index (χ1n) is 21.3. The minimum Gasteiger partial charge on any atom is -0.368 e. The van der Waals surface area contributed by atoms with E-state index in [-0.39, 0.29) is 49.2 Å². The number of nitrogens with one attached hydrogen (secondary N) is 10. The van der Waals surface area contributed by atoms with Gasteiger partial charge in [0.15, 0.2) is 0 Å². The van der Waals surface area contributed by atoms with Crippen molar-refractivity contribution in [1.82, 2.24) is 53.0 Å². The molecule has 22 heteroatoms. The van der Waals surface area contributed by atoms with Crippen LogP contribution in [0.15, 0.2) is 30.5 Å². The van der Waals surface area contributed by atoms with Crippen LogP contribution in [0.5, 0.6) is 0 Å². The second-order valence-electron chi connectivity index (χ2n) is 16.2. The number of hydrogen-bond donors (Lipinski definition) is 12. The van der Waals surface area contributed by atoms with E-state index < -0.39 is 79.0 Å². The SMILES string of the molecule is CC(C)CC(CC(=O)NO)C(=O)N[C@@H](Cc1c[nH]c2ccccc12)C(=O)NCC(=O)NCC(=O)NCC(=O)N[C@@H](CCCCNC(=O)CCCC[C@@H]1SC[C@@H]2NC(=O)N[C@@H]21)C(N)=O. The van der Waals surface area contributed by atoms with Crippen molar-refractivity contribution in [2.45, 2.75) is 107 Å². The minimum atomic E-state index is -1.16. The van der Waals surface area contributed by atoms with Crippen LogP contribution in [0, 0.1) is 11.8 Å². The number of carbonyl (C=O) groups excluding carboxylic acids is 9. The molecular weight excluding hydrogens is 839 g/mol. The molecule has 13 N–H and O–H groups in total. The van der Waals surface area contributed by atoms with E-state index in [1.807, 2.05) is 49.9 Å². The third kappa shape index (κ3) is 16.7. The largest absolute Gasteiger partial charge is 0.368 e. The summed E-state index contributed by atoms with van der Waals surface area (Å²) in [5.41, 5.74) is 8.53.